The van der Waals surface area contributed by atoms with Crippen molar-refractivity contribution in [3.63, 3.8) is 0 Å². The van der Waals surface area contributed by atoms with Gasteiger partial charge in [-0.1, -0.05) is 74.5 Å². The van der Waals surface area contributed by atoms with E-state index in [1.54, 1.807) is 0 Å². The minimum Gasteiger partial charge on any atom is -0.330 e. The van der Waals surface area contributed by atoms with Crippen LogP contribution in [0.1, 0.15) is 57.1 Å². The third-order valence-corrected chi connectivity index (χ3v) is 6.52. The van der Waals surface area contributed by atoms with E-state index in [0.29, 0.717) is 18.0 Å². The van der Waals surface area contributed by atoms with Gasteiger partial charge in [-0.3, -0.25) is 4.90 Å². The second kappa shape index (κ2) is 9.03. The molecule has 146 valence electrons. The van der Waals surface area contributed by atoms with Gasteiger partial charge in [-0.2, -0.15) is 0 Å². The molecule has 2 bridgehead atoms. The van der Waals surface area contributed by atoms with E-state index in [1.807, 2.05) is 12.1 Å². The minimum atomic E-state index is 0.312. The van der Waals surface area contributed by atoms with Gasteiger partial charge in [0, 0.05) is 24.5 Å². The van der Waals surface area contributed by atoms with Crippen LogP contribution in [0.5, 0.6) is 0 Å². The lowest BCUT2D eigenvalue weighted by Gasteiger charge is -2.38. The highest BCUT2D eigenvalue weighted by atomic mass is 15.2. The number of hydrogen-bond acceptors (Lipinski definition) is 2. The first kappa shape index (κ1) is 20.1. The number of hydrogen-bond donors (Lipinski definition) is 1. The van der Waals surface area contributed by atoms with Crippen LogP contribution in [-0.2, 0) is 0 Å². The molecular weight excluding hydrogens is 328 g/mol. The molecule has 3 atom stereocenters. The van der Waals surface area contributed by atoms with Crippen LogP contribution in [0, 0.1) is 11.8 Å². The summed E-state index contributed by atoms with van der Waals surface area (Å²) in [5, 5.41) is 0. The quantitative estimate of drug-likeness (QED) is 0.798. The lowest BCUT2D eigenvalue weighted by molar-refractivity contribution is 0.128. The van der Waals surface area contributed by atoms with Crippen molar-refractivity contribution < 1.29 is 0 Å². The third-order valence-electron chi connectivity index (χ3n) is 6.52. The molecule has 0 aromatic heterocycles. The summed E-state index contributed by atoms with van der Waals surface area (Å²) in [5.74, 6) is 2.29. The van der Waals surface area contributed by atoms with Crippen LogP contribution in [0.15, 0.2) is 60.7 Å². The Kier molecular flexibility index (Phi) is 6.73. The first-order chi connectivity index (χ1) is 13.1. The van der Waals surface area contributed by atoms with Crippen LogP contribution in [-0.4, -0.2) is 30.1 Å². The van der Waals surface area contributed by atoms with Gasteiger partial charge in [0.15, 0.2) is 0 Å². The normalized spacial score (nSPS) is 27.3. The summed E-state index contributed by atoms with van der Waals surface area (Å²) in [4.78, 5) is 2.70. The van der Waals surface area contributed by atoms with Crippen molar-refractivity contribution in [1.29, 1.82) is 0 Å². The number of rotatable bonds is 4. The van der Waals surface area contributed by atoms with Gasteiger partial charge in [-0.15, -0.1) is 0 Å². The van der Waals surface area contributed by atoms with Crippen molar-refractivity contribution in [2.24, 2.45) is 17.6 Å². The lowest BCUT2D eigenvalue weighted by Crippen LogP contribution is -2.42. The van der Waals surface area contributed by atoms with Crippen LogP contribution < -0.4 is 5.73 Å². The summed E-state index contributed by atoms with van der Waals surface area (Å²) < 4.78 is 0. The van der Waals surface area contributed by atoms with Gasteiger partial charge in [0.2, 0.25) is 0 Å². The van der Waals surface area contributed by atoms with Gasteiger partial charge >= 0.3 is 0 Å². The zero-order chi connectivity index (χ0) is 19.3. The molecule has 2 fully saturated rings. The second-order valence-corrected chi connectivity index (χ2v) is 8.76. The number of fused-ring (bicyclic) bond motifs is 2. The third kappa shape index (κ3) is 4.80. The monoisotopic (exact) mass is 364 g/mol. The van der Waals surface area contributed by atoms with Crippen LogP contribution in [0.2, 0.25) is 0 Å². The molecule has 1 aliphatic carbocycles. The van der Waals surface area contributed by atoms with E-state index in [1.165, 1.54) is 43.5 Å². The molecule has 2 aromatic carbocycles. The molecule has 2 N–H and O–H groups in total. The average molecular weight is 365 g/mol. The van der Waals surface area contributed by atoms with Gasteiger partial charge in [0.25, 0.3) is 0 Å². The van der Waals surface area contributed by atoms with Crippen molar-refractivity contribution >= 4 is 0 Å². The summed E-state index contributed by atoms with van der Waals surface area (Å²) >= 11 is 0. The molecular formula is C25H36N2. The Balaban J connectivity index is 0.000000159. The van der Waals surface area contributed by atoms with E-state index in [-0.39, 0.29) is 0 Å². The van der Waals surface area contributed by atoms with Crippen molar-refractivity contribution in [3.05, 3.63) is 71.8 Å². The zero-order valence-corrected chi connectivity index (χ0v) is 17.3. The predicted molar refractivity (Wildman–Crippen MR) is 116 cm³/mol. The minimum absolute atomic E-state index is 0.312. The molecule has 0 radical (unpaired) electrons. The number of benzene rings is 2. The van der Waals surface area contributed by atoms with Crippen LogP contribution >= 0.6 is 0 Å². The first-order valence-electron chi connectivity index (χ1n) is 10.6. The maximum absolute atomic E-state index is 5.84. The molecule has 1 aliphatic heterocycles. The van der Waals surface area contributed by atoms with E-state index < -0.39 is 0 Å². The number of nitrogens with two attached hydrogens (primary N) is 1. The van der Waals surface area contributed by atoms with Gasteiger partial charge in [-0.05, 0) is 55.7 Å². The Labute approximate surface area is 165 Å². The molecule has 0 amide bonds. The maximum atomic E-state index is 5.84. The van der Waals surface area contributed by atoms with E-state index in [0.717, 1.165) is 11.8 Å². The molecule has 1 saturated carbocycles. The molecule has 3 unspecified atom stereocenters. The highest BCUT2D eigenvalue weighted by Gasteiger charge is 2.45. The van der Waals surface area contributed by atoms with Crippen LogP contribution in [0.4, 0.5) is 0 Å². The summed E-state index contributed by atoms with van der Waals surface area (Å²) in [5.41, 5.74) is 8.97. The van der Waals surface area contributed by atoms with Gasteiger partial charge in [-0.25, -0.2) is 0 Å². The van der Waals surface area contributed by atoms with E-state index in [9.17, 15) is 0 Å². The van der Waals surface area contributed by atoms with Crippen LogP contribution in [0.3, 0.4) is 0 Å². The van der Waals surface area contributed by atoms with Crippen molar-refractivity contribution in [3.8, 4) is 0 Å². The van der Waals surface area contributed by atoms with Crippen molar-refractivity contribution in [1.82, 2.24) is 4.90 Å². The summed E-state index contributed by atoms with van der Waals surface area (Å²) in [7, 11) is 0. The predicted octanol–water partition coefficient (Wildman–Crippen LogP) is 5.29. The number of likely N-dealkylation sites (tertiary alicyclic amines) is 1. The Morgan fingerprint density at radius 1 is 1.00 bits per heavy atom. The van der Waals surface area contributed by atoms with E-state index in [2.05, 4.69) is 74.2 Å². The standard InChI is InChI=1S/C14H15N.C11H21N/c15-11-14(12-7-3-1-4-8-12)13-9-5-2-6-10-13;1-4-12-8-10-5-9(2)6-11(12,3)7-10/h1-10,14H,11,15H2;9-10H,4-8H2,1-3H3. The SMILES string of the molecule is CCN1CC2CC(C)CC1(C)C2.NCC(c1ccccc1)c1ccccc1. The molecule has 2 aromatic rings. The fraction of sp³-hybridized carbons (Fsp3) is 0.520. The smallest absolute Gasteiger partial charge is 0.0212 e. The van der Waals surface area contributed by atoms with Crippen LogP contribution in [0.25, 0.3) is 0 Å². The largest absolute Gasteiger partial charge is 0.330 e. The highest BCUT2D eigenvalue weighted by Crippen LogP contribution is 2.45. The molecule has 0 spiro atoms. The summed E-state index contributed by atoms with van der Waals surface area (Å²) in [6.07, 6.45) is 4.37. The molecule has 1 saturated heterocycles. The second-order valence-electron chi connectivity index (χ2n) is 8.76. The average Bonchev–Trinajstić information content (AvgIpc) is 2.92. The summed E-state index contributed by atoms with van der Waals surface area (Å²) in [6, 6.07) is 20.8. The Morgan fingerprint density at radius 3 is 2.04 bits per heavy atom. The molecule has 2 heteroatoms. The summed E-state index contributed by atoms with van der Waals surface area (Å²) in [6.45, 7) is 10.5. The van der Waals surface area contributed by atoms with E-state index >= 15 is 0 Å². The zero-order valence-electron chi connectivity index (χ0n) is 17.3. The fourth-order valence-corrected chi connectivity index (χ4v) is 5.47. The van der Waals surface area contributed by atoms with Crippen molar-refractivity contribution in [2.45, 2.75) is 51.5 Å². The fourth-order valence-electron chi connectivity index (χ4n) is 5.47. The van der Waals surface area contributed by atoms with Gasteiger partial charge in [0.05, 0.1) is 0 Å². The maximum Gasteiger partial charge on any atom is 0.0212 e. The van der Waals surface area contributed by atoms with Crippen molar-refractivity contribution in [2.75, 3.05) is 19.6 Å². The molecule has 4 rings (SSSR count). The molecule has 2 aliphatic rings. The van der Waals surface area contributed by atoms with E-state index in [4.69, 9.17) is 5.73 Å². The Morgan fingerprint density at radius 2 is 1.56 bits per heavy atom. The Bertz CT molecular complexity index is 644. The Hall–Kier alpha value is -1.64. The number of nitrogens with zero attached hydrogens (tertiary/aromatic N) is 1. The highest BCUT2D eigenvalue weighted by molar-refractivity contribution is 5.32. The lowest BCUT2D eigenvalue weighted by atomic mass is 9.76. The molecule has 2 nitrogen and oxygen atoms in total. The topological polar surface area (TPSA) is 29.3 Å². The van der Waals surface area contributed by atoms with Gasteiger partial charge < -0.3 is 5.73 Å². The van der Waals surface area contributed by atoms with Gasteiger partial charge in [0.1, 0.15) is 0 Å². The first-order valence-corrected chi connectivity index (χ1v) is 10.6. The molecule has 27 heavy (non-hydrogen) atoms. The molecule has 1 heterocycles.